The molecule has 1 atom stereocenters. The molecule has 0 aromatic heterocycles. The van der Waals surface area contributed by atoms with Crippen LogP contribution in [0, 0.1) is 0 Å². The fourth-order valence-corrected chi connectivity index (χ4v) is 4.75. The second kappa shape index (κ2) is 3.53. The van der Waals surface area contributed by atoms with Crippen LogP contribution in [0.1, 0.15) is 12.8 Å². The molecule has 0 aromatic rings. The van der Waals surface area contributed by atoms with Crippen LogP contribution in [-0.2, 0) is 0 Å². The van der Waals surface area contributed by atoms with E-state index in [-0.39, 0.29) is 8.96 Å². The van der Waals surface area contributed by atoms with Crippen LogP contribution in [0.25, 0.3) is 0 Å². The Morgan fingerprint density at radius 2 is 2.00 bits per heavy atom. The Bertz CT molecular complexity index is 81.1. The predicted octanol–water partition coefficient (Wildman–Crippen LogP) is -0.241. The fraction of sp³-hybridized carbons (Fsp3) is 1.00. The first kappa shape index (κ1) is 7.50. The lowest BCUT2D eigenvalue weighted by molar-refractivity contribution is 0.539. The molecule has 9 heavy (non-hydrogen) atoms. The molecular weight excluding hydrogens is 142 g/mol. The van der Waals surface area contributed by atoms with Gasteiger partial charge in [-0.3, -0.25) is 0 Å². The topological polar surface area (TPSA) is 3.24 Å². The second-order valence-electron chi connectivity index (χ2n) is 3.00. The van der Waals surface area contributed by atoms with Gasteiger partial charge >= 0.3 is 0 Å². The molecule has 0 amide bonds. The maximum Gasteiger partial charge on any atom is 0.105 e. The van der Waals surface area contributed by atoms with Gasteiger partial charge in [-0.1, -0.05) is 12.2 Å². The molecule has 1 aliphatic heterocycles. The van der Waals surface area contributed by atoms with E-state index in [1.54, 1.807) is 5.67 Å². The molecule has 1 heterocycles. The highest BCUT2D eigenvalue weighted by molar-refractivity contribution is 6.61. The monoisotopic (exact) mass is 159 g/mol. The fourth-order valence-electron chi connectivity index (χ4n) is 1.44. The van der Waals surface area contributed by atoms with Gasteiger partial charge in [-0.2, -0.15) is 0 Å². The summed E-state index contributed by atoms with van der Waals surface area (Å²) < 4.78 is 2.76. The summed E-state index contributed by atoms with van der Waals surface area (Å²) >= 11 is 0. The Morgan fingerprint density at radius 3 is 2.44 bits per heavy atom. The minimum Gasteiger partial charge on any atom is -0.327 e. The van der Waals surface area contributed by atoms with Crippen LogP contribution in [0.2, 0.25) is 12.2 Å². The van der Waals surface area contributed by atoms with Crippen LogP contribution in [0.15, 0.2) is 0 Å². The van der Waals surface area contributed by atoms with Gasteiger partial charge in [0.1, 0.15) is 8.96 Å². The van der Waals surface area contributed by atoms with E-state index >= 15 is 0 Å². The first-order chi connectivity index (χ1) is 4.34. The van der Waals surface area contributed by atoms with Crippen LogP contribution in [0.3, 0.4) is 0 Å². The Morgan fingerprint density at radius 1 is 1.44 bits per heavy atom. The highest BCUT2D eigenvalue weighted by Crippen LogP contribution is 2.10. The summed E-state index contributed by atoms with van der Waals surface area (Å²) in [6, 6.07) is 0. The molecule has 0 saturated carbocycles. The Balaban J connectivity index is 2.24. The molecule has 0 spiro atoms. The van der Waals surface area contributed by atoms with Gasteiger partial charge in [0, 0.05) is 10.2 Å². The minimum atomic E-state index is -0.339. The second-order valence-corrected chi connectivity index (χ2v) is 8.69. The predicted molar refractivity (Wildman–Crippen MR) is 48.6 cm³/mol. The minimum absolute atomic E-state index is 0.339. The third-order valence-corrected chi connectivity index (χ3v) is 8.84. The van der Waals surface area contributed by atoms with E-state index in [1.807, 2.05) is 0 Å². The highest BCUT2D eigenvalue weighted by atomic mass is 28.3. The van der Waals surface area contributed by atoms with Crippen LogP contribution in [0.5, 0.6) is 0 Å². The van der Waals surface area contributed by atoms with E-state index in [0.717, 1.165) is 0 Å². The molecule has 1 fully saturated rings. The third-order valence-electron chi connectivity index (χ3n) is 2.35. The van der Waals surface area contributed by atoms with Crippen LogP contribution in [-0.4, -0.2) is 36.9 Å². The molecular formula is C6H17NSi2. The van der Waals surface area contributed by atoms with Crippen LogP contribution < -0.4 is 0 Å². The summed E-state index contributed by atoms with van der Waals surface area (Å²) in [7, 11) is 1.09. The van der Waals surface area contributed by atoms with Crippen molar-refractivity contribution in [2.75, 3.05) is 13.1 Å². The van der Waals surface area contributed by atoms with E-state index in [2.05, 4.69) is 11.1 Å². The lowest BCUT2D eigenvalue weighted by Gasteiger charge is -2.20. The Kier molecular flexibility index (Phi) is 2.95. The first-order valence-corrected chi connectivity index (χ1v) is 7.99. The van der Waals surface area contributed by atoms with Gasteiger partial charge in [0.25, 0.3) is 0 Å². The summed E-state index contributed by atoms with van der Waals surface area (Å²) in [5, 5.41) is 0. The molecule has 0 aliphatic carbocycles. The van der Waals surface area contributed by atoms with Crippen molar-refractivity contribution in [2.45, 2.75) is 25.1 Å². The molecule has 3 heteroatoms. The summed E-state index contributed by atoms with van der Waals surface area (Å²) in [4.78, 5) is 0. The van der Waals surface area contributed by atoms with Gasteiger partial charge in [-0.05, 0) is 25.9 Å². The van der Waals surface area contributed by atoms with Crippen molar-refractivity contribution in [3.63, 3.8) is 0 Å². The zero-order valence-corrected chi connectivity index (χ0v) is 9.71. The standard InChI is InChI=1S/C6H17NSi2/c1-9(6-8)7-4-2-3-5-7/h9H,2-6H2,1,8H3. The summed E-state index contributed by atoms with van der Waals surface area (Å²) in [6.07, 6.45) is 2.94. The smallest absolute Gasteiger partial charge is 0.105 e. The van der Waals surface area contributed by atoms with Crippen LogP contribution >= 0.6 is 0 Å². The number of hydrogen-bond donors (Lipinski definition) is 0. The average molecular weight is 159 g/mol. The zero-order valence-electron chi connectivity index (χ0n) is 6.56. The van der Waals surface area contributed by atoms with Gasteiger partial charge < -0.3 is 4.57 Å². The molecule has 0 radical (unpaired) electrons. The lowest BCUT2D eigenvalue weighted by Crippen LogP contribution is -2.33. The molecule has 1 saturated heterocycles. The molecule has 1 nitrogen and oxygen atoms in total. The Hall–Kier alpha value is 0.394. The van der Waals surface area contributed by atoms with Crippen molar-refractivity contribution in [3.05, 3.63) is 0 Å². The number of nitrogens with zero attached hydrogens (tertiary/aromatic N) is 1. The lowest BCUT2D eigenvalue weighted by atomic mass is 10.4. The maximum atomic E-state index is 2.76. The maximum absolute atomic E-state index is 2.76. The number of rotatable bonds is 2. The molecule has 54 valence electrons. The van der Waals surface area contributed by atoms with Gasteiger partial charge in [0.05, 0.1) is 0 Å². The van der Waals surface area contributed by atoms with Gasteiger partial charge in [0.15, 0.2) is 0 Å². The van der Waals surface area contributed by atoms with Crippen molar-refractivity contribution >= 4 is 19.2 Å². The normalized spacial score (nSPS) is 25.0. The van der Waals surface area contributed by atoms with Crippen LogP contribution in [0.4, 0.5) is 0 Å². The van der Waals surface area contributed by atoms with Crippen molar-refractivity contribution in [1.82, 2.24) is 4.57 Å². The molecule has 0 N–H and O–H groups in total. The van der Waals surface area contributed by atoms with E-state index in [0.29, 0.717) is 0 Å². The summed E-state index contributed by atoms with van der Waals surface area (Å²) in [6.45, 7) is 5.35. The molecule has 1 unspecified atom stereocenters. The number of hydrogen-bond acceptors (Lipinski definition) is 1. The van der Waals surface area contributed by atoms with E-state index < -0.39 is 0 Å². The van der Waals surface area contributed by atoms with E-state index in [9.17, 15) is 0 Å². The quantitative estimate of drug-likeness (QED) is 0.503. The van der Waals surface area contributed by atoms with E-state index in [4.69, 9.17) is 0 Å². The third kappa shape index (κ3) is 1.91. The highest BCUT2D eigenvalue weighted by Gasteiger charge is 2.16. The largest absolute Gasteiger partial charge is 0.327 e. The summed E-state index contributed by atoms with van der Waals surface area (Å²) in [5.74, 6) is 0. The van der Waals surface area contributed by atoms with Crippen molar-refractivity contribution in [2.24, 2.45) is 0 Å². The van der Waals surface area contributed by atoms with Crippen molar-refractivity contribution in [3.8, 4) is 0 Å². The van der Waals surface area contributed by atoms with Gasteiger partial charge in [0.2, 0.25) is 0 Å². The first-order valence-electron chi connectivity index (χ1n) is 4.08. The molecule has 0 aromatic carbocycles. The Labute approximate surface area is 62.5 Å². The molecule has 1 aliphatic rings. The van der Waals surface area contributed by atoms with Gasteiger partial charge in [-0.15, -0.1) is 0 Å². The van der Waals surface area contributed by atoms with Crippen molar-refractivity contribution < 1.29 is 0 Å². The van der Waals surface area contributed by atoms with E-state index in [1.165, 1.54) is 36.2 Å². The molecule has 0 bridgehead atoms. The van der Waals surface area contributed by atoms with Crippen molar-refractivity contribution in [1.29, 1.82) is 0 Å². The zero-order chi connectivity index (χ0) is 6.69. The van der Waals surface area contributed by atoms with Gasteiger partial charge in [-0.25, -0.2) is 0 Å². The SMILES string of the molecule is C[SiH](C[SiH3])N1CCCC1. The summed E-state index contributed by atoms with van der Waals surface area (Å²) in [5.41, 5.74) is 1.58. The molecule has 1 rings (SSSR count). The average Bonchev–Trinajstić information content (AvgIpc) is 2.37.